The highest BCUT2D eigenvalue weighted by Crippen LogP contribution is 2.26. The Balaban J connectivity index is 1.57. The molecule has 0 unspecified atom stereocenters. The molecule has 0 spiro atoms. The molecule has 0 aromatic heterocycles. The zero-order valence-corrected chi connectivity index (χ0v) is 18.5. The minimum absolute atomic E-state index is 0.144. The lowest BCUT2D eigenvalue weighted by molar-refractivity contribution is -0.116. The van der Waals surface area contributed by atoms with Crippen LogP contribution in [0.3, 0.4) is 0 Å². The van der Waals surface area contributed by atoms with Crippen LogP contribution < -0.4 is 5.32 Å². The van der Waals surface area contributed by atoms with E-state index >= 15 is 0 Å². The van der Waals surface area contributed by atoms with Crippen molar-refractivity contribution >= 4 is 49.1 Å². The Kier molecular flexibility index (Phi) is 7.15. The lowest BCUT2D eigenvalue weighted by atomic mass is 10.1. The van der Waals surface area contributed by atoms with Crippen molar-refractivity contribution in [2.24, 2.45) is 0 Å². The molecule has 3 rings (SSSR count). The number of benzene rings is 2. The predicted octanol–water partition coefficient (Wildman–Crippen LogP) is 4.85. The van der Waals surface area contributed by atoms with Crippen molar-refractivity contribution < 1.29 is 13.2 Å². The molecule has 2 aromatic rings. The van der Waals surface area contributed by atoms with E-state index in [0.29, 0.717) is 35.1 Å². The van der Waals surface area contributed by atoms with Gasteiger partial charge in [-0.25, -0.2) is 8.42 Å². The largest absolute Gasteiger partial charge is 0.325 e. The highest BCUT2D eigenvalue weighted by atomic mass is 79.9. The van der Waals surface area contributed by atoms with Gasteiger partial charge in [0.1, 0.15) is 0 Å². The fourth-order valence-electron chi connectivity index (χ4n) is 3.14. The van der Waals surface area contributed by atoms with E-state index in [9.17, 15) is 13.2 Å². The van der Waals surface area contributed by atoms with Crippen molar-refractivity contribution in [2.45, 2.75) is 37.0 Å². The second-order valence-electron chi connectivity index (χ2n) is 6.78. The van der Waals surface area contributed by atoms with Gasteiger partial charge in [0.15, 0.2) is 0 Å². The van der Waals surface area contributed by atoms with Crippen molar-refractivity contribution in [2.75, 3.05) is 18.4 Å². The van der Waals surface area contributed by atoms with E-state index in [4.69, 9.17) is 11.6 Å². The Morgan fingerprint density at radius 3 is 2.39 bits per heavy atom. The molecular weight excluding hydrogens is 464 g/mol. The van der Waals surface area contributed by atoms with Crippen LogP contribution in [0.5, 0.6) is 0 Å². The Bertz CT molecular complexity index is 942. The second kappa shape index (κ2) is 9.39. The number of anilines is 1. The summed E-state index contributed by atoms with van der Waals surface area (Å²) < 4.78 is 27.7. The Morgan fingerprint density at radius 1 is 1.07 bits per heavy atom. The molecule has 1 saturated heterocycles. The van der Waals surface area contributed by atoms with Gasteiger partial charge in [-0.05, 0) is 55.2 Å². The molecule has 0 saturated carbocycles. The number of nitrogens with one attached hydrogen (secondary N) is 1. The maximum absolute atomic E-state index is 12.7. The topological polar surface area (TPSA) is 66.5 Å². The Hall–Kier alpha value is -1.41. The fourth-order valence-corrected chi connectivity index (χ4v) is 5.38. The summed E-state index contributed by atoms with van der Waals surface area (Å²) in [5, 5.41) is 3.26. The molecule has 1 N–H and O–H groups in total. The first-order chi connectivity index (χ1) is 13.4. The first-order valence-corrected chi connectivity index (χ1v) is 11.8. The highest BCUT2D eigenvalue weighted by Gasteiger charge is 2.25. The molecule has 28 heavy (non-hydrogen) atoms. The molecule has 0 bridgehead atoms. The van der Waals surface area contributed by atoms with Gasteiger partial charge in [0, 0.05) is 24.0 Å². The Morgan fingerprint density at radius 2 is 1.75 bits per heavy atom. The van der Waals surface area contributed by atoms with E-state index in [1.807, 2.05) is 6.07 Å². The molecule has 1 fully saturated rings. The molecule has 0 radical (unpaired) electrons. The van der Waals surface area contributed by atoms with Crippen molar-refractivity contribution in [3.05, 3.63) is 57.5 Å². The molecule has 0 aliphatic carbocycles. The molecule has 1 aliphatic heterocycles. The molecule has 150 valence electrons. The number of carbonyl (C=O) groups excluding carboxylic acids is 1. The summed E-state index contributed by atoms with van der Waals surface area (Å²) in [6.07, 6.45) is 3.71. The van der Waals surface area contributed by atoms with Crippen LogP contribution in [0.2, 0.25) is 5.02 Å². The monoisotopic (exact) mass is 484 g/mol. The highest BCUT2D eigenvalue weighted by molar-refractivity contribution is 9.10. The van der Waals surface area contributed by atoms with E-state index < -0.39 is 10.0 Å². The molecule has 2 aromatic carbocycles. The molecule has 5 nitrogen and oxygen atoms in total. The third kappa shape index (κ3) is 5.35. The minimum atomic E-state index is -3.42. The van der Waals surface area contributed by atoms with Gasteiger partial charge < -0.3 is 5.32 Å². The second-order valence-corrected chi connectivity index (χ2v) is 10.0. The summed E-state index contributed by atoms with van der Waals surface area (Å²) in [4.78, 5) is 12.5. The van der Waals surface area contributed by atoms with Crippen LogP contribution in [0.1, 0.15) is 31.2 Å². The number of hydrogen-bond acceptors (Lipinski definition) is 3. The predicted molar refractivity (Wildman–Crippen MR) is 115 cm³/mol. The maximum atomic E-state index is 12.7. The van der Waals surface area contributed by atoms with E-state index in [0.717, 1.165) is 29.3 Å². The average Bonchev–Trinajstić information content (AvgIpc) is 2.69. The normalized spacial score (nSPS) is 15.4. The SMILES string of the molecule is O=C(CCc1ccc(S(=O)(=O)N2CCCCC2)cc1)Nc1ccc(Br)cc1Cl. The number of aryl methyl sites for hydroxylation is 1. The van der Waals surface area contributed by atoms with Crippen LogP contribution in [0.25, 0.3) is 0 Å². The zero-order chi connectivity index (χ0) is 20.1. The Labute approximate surface area is 179 Å². The van der Waals surface area contributed by atoms with Crippen LogP contribution in [0, 0.1) is 0 Å². The quantitative estimate of drug-likeness (QED) is 0.636. The zero-order valence-electron chi connectivity index (χ0n) is 15.3. The first-order valence-electron chi connectivity index (χ1n) is 9.20. The summed E-state index contributed by atoms with van der Waals surface area (Å²) in [6, 6.07) is 12.1. The minimum Gasteiger partial charge on any atom is -0.325 e. The van der Waals surface area contributed by atoms with E-state index in [2.05, 4.69) is 21.2 Å². The van der Waals surface area contributed by atoms with Gasteiger partial charge in [0.05, 0.1) is 15.6 Å². The van der Waals surface area contributed by atoms with Gasteiger partial charge >= 0.3 is 0 Å². The average molecular weight is 486 g/mol. The summed E-state index contributed by atoms with van der Waals surface area (Å²) >= 11 is 9.44. The third-order valence-electron chi connectivity index (χ3n) is 4.72. The van der Waals surface area contributed by atoms with Gasteiger partial charge in [-0.15, -0.1) is 0 Å². The number of hydrogen-bond donors (Lipinski definition) is 1. The van der Waals surface area contributed by atoms with Gasteiger partial charge in [-0.2, -0.15) is 4.31 Å². The van der Waals surface area contributed by atoms with Crippen LogP contribution in [-0.2, 0) is 21.2 Å². The van der Waals surface area contributed by atoms with E-state index in [-0.39, 0.29) is 12.3 Å². The summed E-state index contributed by atoms with van der Waals surface area (Å²) in [5.74, 6) is -0.144. The van der Waals surface area contributed by atoms with Gasteiger partial charge in [-0.3, -0.25) is 4.79 Å². The van der Waals surface area contributed by atoms with Crippen LogP contribution in [0.15, 0.2) is 51.8 Å². The van der Waals surface area contributed by atoms with Gasteiger partial charge in [-0.1, -0.05) is 46.1 Å². The number of halogens is 2. The molecule has 1 aliphatic rings. The third-order valence-corrected chi connectivity index (χ3v) is 7.44. The van der Waals surface area contributed by atoms with Crippen molar-refractivity contribution in [3.8, 4) is 0 Å². The number of piperidine rings is 1. The summed E-state index contributed by atoms with van der Waals surface area (Å²) in [5.41, 5.74) is 1.48. The molecule has 1 amide bonds. The number of nitrogens with zero attached hydrogens (tertiary/aromatic N) is 1. The number of amides is 1. The first kappa shape index (κ1) is 21.3. The summed E-state index contributed by atoms with van der Waals surface area (Å²) in [6.45, 7) is 1.17. The molecule has 8 heteroatoms. The smallest absolute Gasteiger partial charge is 0.243 e. The lowest BCUT2D eigenvalue weighted by Crippen LogP contribution is -2.35. The van der Waals surface area contributed by atoms with Crippen LogP contribution in [0.4, 0.5) is 5.69 Å². The van der Waals surface area contributed by atoms with Crippen molar-refractivity contribution in [1.82, 2.24) is 4.31 Å². The molecule has 0 atom stereocenters. The summed E-state index contributed by atoms with van der Waals surface area (Å²) in [7, 11) is -3.42. The van der Waals surface area contributed by atoms with Gasteiger partial charge in [0.2, 0.25) is 15.9 Å². The van der Waals surface area contributed by atoms with E-state index in [1.54, 1.807) is 40.7 Å². The molecule has 1 heterocycles. The van der Waals surface area contributed by atoms with E-state index in [1.165, 1.54) is 0 Å². The number of sulfonamides is 1. The van der Waals surface area contributed by atoms with Gasteiger partial charge in [0.25, 0.3) is 0 Å². The number of carbonyl (C=O) groups is 1. The lowest BCUT2D eigenvalue weighted by Gasteiger charge is -2.25. The van der Waals surface area contributed by atoms with Crippen molar-refractivity contribution in [3.63, 3.8) is 0 Å². The van der Waals surface area contributed by atoms with Crippen LogP contribution >= 0.6 is 27.5 Å². The standard InChI is InChI=1S/C20H22BrClN2O3S/c21-16-7-10-19(18(22)14-16)23-20(25)11-6-15-4-8-17(9-5-15)28(26,27)24-12-2-1-3-13-24/h4-5,7-10,14H,1-3,6,11-13H2,(H,23,25). The molecular formula is C20H22BrClN2O3S. The number of rotatable bonds is 6. The fraction of sp³-hybridized carbons (Fsp3) is 0.350. The maximum Gasteiger partial charge on any atom is 0.243 e. The van der Waals surface area contributed by atoms with Crippen LogP contribution in [-0.4, -0.2) is 31.7 Å². The van der Waals surface area contributed by atoms with Crippen molar-refractivity contribution in [1.29, 1.82) is 0 Å².